The largest absolute Gasteiger partial charge is 0.507 e. The summed E-state index contributed by atoms with van der Waals surface area (Å²) in [4.78, 5) is 66.8. The van der Waals surface area contributed by atoms with Crippen LogP contribution in [0.25, 0.3) is 0 Å². The number of carbonyl (C=O) groups excluding carboxylic acids is 4. The van der Waals surface area contributed by atoms with Crippen LogP contribution in [-0.2, 0) is 22.6 Å². The maximum absolute atomic E-state index is 13.0. The van der Waals surface area contributed by atoms with E-state index < -0.39 is 66.0 Å². The van der Waals surface area contributed by atoms with Crippen molar-refractivity contribution in [1.82, 2.24) is 15.3 Å². The third-order valence-electron chi connectivity index (χ3n) is 6.81. The van der Waals surface area contributed by atoms with Crippen molar-refractivity contribution in [1.29, 1.82) is 0 Å². The van der Waals surface area contributed by atoms with E-state index in [9.17, 15) is 44.4 Å². The average molecular weight is 531 g/mol. The number of aliphatic hydroxyl groups is 3. The van der Waals surface area contributed by atoms with Crippen LogP contribution in [0.1, 0.15) is 57.7 Å². The number of phenols is 1. The number of rotatable bonds is 12. The molecule has 0 saturated carbocycles. The SMILES string of the molecule is NC(=O)CC(=O)[C@@](O)(CO)C(CCO)CC1CC(=O)c2c(O)ccc(CNC(=O)c3cc(=O)[nH]cn3)c2C1. The lowest BCUT2D eigenvalue weighted by atomic mass is 9.71. The van der Waals surface area contributed by atoms with Crippen LogP contribution in [0.5, 0.6) is 5.75 Å². The molecular weight excluding hydrogens is 500 g/mol. The highest BCUT2D eigenvalue weighted by Gasteiger charge is 2.44. The first-order valence-corrected chi connectivity index (χ1v) is 12.0. The van der Waals surface area contributed by atoms with Gasteiger partial charge in [0.05, 0.1) is 24.9 Å². The van der Waals surface area contributed by atoms with E-state index in [1.807, 2.05) is 0 Å². The Morgan fingerprint density at radius 2 is 1.95 bits per heavy atom. The first-order valence-electron chi connectivity index (χ1n) is 12.0. The van der Waals surface area contributed by atoms with Gasteiger partial charge >= 0.3 is 0 Å². The van der Waals surface area contributed by atoms with Crippen LogP contribution in [0.3, 0.4) is 0 Å². The Morgan fingerprint density at radius 3 is 2.58 bits per heavy atom. The molecule has 8 N–H and O–H groups in total. The minimum absolute atomic E-state index is 0.0332. The number of nitrogens with two attached hydrogens (primary N) is 1. The van der Waals surface area contributed by atoms with Crippen molar-refractivity contribution in [3.8, 4) is 5.75 Å². The minimum atomic E-state index is -2.35. The molecule has 204 valence electrons. The van der Waals surface area contributed by atoms with Crippen molar-refractivity contribution < 1.29 is 39.6 Å². The van der Waals surface area contributed by atoms with Crippen molar-refractivity contribution in [2.24, 2.45) is 17.6 Å². The number of carbonyl (C=O) groups is 4. The average Bonchev–Trinajstić information content (AvgIpc) is 2.86. The Balaban J connectivity index is 1.85. The molecule has 3 rings (SSSR count). The standard InChI is InChI=1S/C25H30N4O9/c26-21(35)9-20(34)25(38,11-31)15(3-4-30)5-13-6-16-14(1-2-18(32)23(16)19(33)7-13)10-27-24(37)17-8-22(36)29-12-28-17/h1-2,8,12-13,15,30-32,38H,3-7,9-11H2,(H2,26,35)(H,27,37)(H,28,29,36)/t13?,15?,25-/m1/s1. The van der Waals surface area contributed by atoms with Gasteiger partial charge in [0, 0.05) is 25.6 Å². The molecule has 1 aromatic carbocycles. The fraction of sp³-hybridized carbons (Fsp3) is 0.440. The second-order valence-electron chi connectivity index (χ2n) is 9.37. The molecule has 1 heterocycles. The van der Waals surface area contributed by atoms with Gasteiger partial charge in [-0.25, -0.2) is 4.98 Å². The number of ketones is 2. The van der Waals surface area contributed by atoms with Crippen molar-refractivity contribution in [2.45, 2.75) is 44.2 Å². The van der Waals surface area contributed by atoms with Gasteiger partial charge in [-0.05, 0) is 48.3 Å². The van der Waals surface area contributed by atoms with E-state index in [1.165, 1.54) is 6.07 Å². The molecule has 38 heavy (non-hydrogen) atoms. The summed E-state index contributed by atoms with van der Waals surface area (Å²) in [6.45, 7) is -1.48. The van der Waals surface area contributed by atoms with Crippen LogP contribution < -0.4 is 16.6 Å². The van der Waals surface area contributed by atoms with Gasteiger partial charge in [0.25, 0.3) is 11.5 Å². The van der Waals surface area contributed by atoms with Crippen LogP contribution in [0, 0.1) is 11.8 Å². The molecule has 1 aliphatic carbocycles. The van der Waals surface area contributed by atoms with Crippen molar-refractivity contribution in [2.75, 3.05) is 13.2 Å². The summed E-state index contributed by atoms with van der Waals surface area (Å²) >= 11 is 0. The van der Waals surface area contributed by atoms with Gasteiger partial charge in [0.15, 0.2) is 11.6 Å². The van der Waals surface area contributed by atoms with Gasteiger partial charge in [0.2, 0.25) is 5.91 Å². The van der Waals surface area contributed by atoms with E-state index >= 15 is 0 Å². The summed E-state index contributed by atoms with van der Waals surface area (Å²) in [5.74, 6) is -4.67. The van der Waals surface area contributed by atoms with Crippen LogP contribution in [0.2, 0.25) is 0 Å². The summed E-state index contributed by atoms with van der Waals surface area (Å²) in [6, 6.07) is 3.91. The van der Waals surface area contributed by atoms with Crippen LogP contribution in [0.15, 0.2) is 29.3 Å². The molecule has 3 atom stereocenters. The van der Waals surface area contributed by atoms with E-state index in [-0.39, 0.29) is 49.2 Å². The fourth-order valence-corrected chi connectivity index (χ4v) is 4.91. The number of primary amides is 1. The quantitative estimate of drug-likeness (QED) is 0.160. The Kier molecular flexibility index (Phi) is 9.09. The third kappa shape index (κ3) is 6.30. The molecule has 2 amide bonds. The number of aromatic amines is 1. The molecule has 1 aliphatic rings. The Labute approximate surface area is 216 Å². The predicted octanol–water partition coefficient (Wildman–Crippen LogP) is -1.29. The number of aromatic nitrogens is 2. The highest BCUT2D eigenvalue weighted by atomic mass is 16.3. The number of benzene rings is 1. The van der Waals surface area contributed by atoms with Crippen molar-refractivity contribution >= 4 is 23.4 Å². The summed E-state index contributed by atoms with van der Waals surface area (Å²) in [7, 11) is 0. The molecule has 0 spiro atoms. The van der Waals surface area contributed by atoms with Gasteiger partial charge < -0.3 is 36.5 Å². The molecule has 2 unspecified atom stereocenters. The van der Waals surface area contributed by atoms with Gasteiger partial charge in [0.1, 0.15) is 17.0 Å². The number of nitrogens with zero attached hydrogens (tertiary/aromatic N) is 1. The number of nitrogens with one attached hydrogen (secondary N) is 2. The molecule has 0 fully saturated rings. The zero-order valence-corrected chi connectivity index (χ0v) is 20.5. The number of aliphatic hydroxyl groups excluding tert-OH is 2. The number of H-pyrrole nitrogens is 1. The van der Waals surface area contributed by atoms with Crippen LogP contribution in [-0.4, -0.2) is 72.6 Å². The minimum Gasteiger partial charge on any atom is -0.507 e. The van der Waals surface area contributed by atoms with Gasteiger partial charge in [-0.2, -0.15) is 0 Å². The van der Waals surface area contributed by atoms with E-state index in [0.717, 1.165) is 12.4 Å². The molecule has 0 aliphatic heterocycles. The Morgan fingerprint density at radius 1 is 1.21 bits per heavy atom. The smallest absolute Gasteiger partial charge is 0.270 e. The molecular formula is C25H30N4O9. The second-order valence-corrected chi connectivity index (χ2v) is 9.37. The number of hydrogen-bond acceptors (Lipinski definition) is 10. The maximum Gasteiger partial charge on any atom is 0.270 e. The Bertz CT molecular complexity index is 1290. The highest BCUT2D eigenvalue weighted by molar-refractivity contribution is 6.02. The Hall–Kier alpha value is -3.94. The number of amides is 2. The number of aromatic hydroxyl groups is 1. The van der Waals surface area contributed by atoms with Crippen LogP contribution >= 0.6 is 0 Å². The lowest BCUT2D eigenvalue weighted by molar-refractivity contribution is -0.153. The van der Waals surface area contributed by atoms with E-state index in [1.54, 1.807) is 6.07 Å². The monoisotopic (exact) mass is 530 g/mol. The highest BCUT2D eigenvalue weighted by Crippen LogP contribution is 2.39. The molecule has 13 nitrogen and oxygen atoms in total. The van der Waals surface area contributed by atoms with E-state index in [2.05, 4.69) is 15.3 Å². The number of Topliss-reactive ketones (excluding diaryl/α,β-unsaturated/α-hetero) is 2. The molecule has 2 aromatic rings. The van der Waals surface area contributed by atoms with E-state index in [4.69, 9.17) is 5.73 Å². The zero-order chi connectivity index (χ0) is 28.0. The van der Waals surface area contributed by atoms with Gasteiger partial charge in [-0.1, -0.05) is 6.07 Å². The number of fused-ring (bicyclic) bond motifs is 1. The topological polar surface area (TPSA) is 233 Å². The summed E-state index contributed by atoms with van der Waals surface area (Å²) in [5.41, 5.74) is 3.20. The fourth-order valence-electron chi connectivity index (χ4n) is 4.91. The summed E-state index contributed by atoms with van der Waals surface area (Å²) in [6.07, 6.45) is 0.410. The predicted molar refractivity (Wildman–Crippen MR) is 131 cm³/mol. The second kappa shape index (κ2) is 12.1. The third-order valence-corrected chi connectivity index (χ3v) is 6.81. The summed E-state index contributed by atoms with van der Waals surface area (Å²) < 4.78 is 0. The number of phenolic OH excluding ortho intramolecular Hbond substituents is 1. The van der Waals surface area contributed by atoms with Crippen molar-refractivity contribution in [3.63, 3.8) is 0 Å². The molecule has 13 heteroatoms. The van der Waals surface area contributed by atoms with Crippen LogP contribution in [0.4, 0.5) is 0 Å². The molecule has 0 saturated heterocycles. The summed E-state index contributed by atoms with van der Waals surface area (Å²) in [5, 5.41) is 43.4. The van der Waals surface area contributed by atoms with Crippen molar-refractivity contribution in [3.05, 3.63) is 57.3 Å². The first-order chi connectivity index (χ1) is 18.0. The maximum atomic E-state index is 13.0. The van der Waals surface area contributed by atoms with Gasteiger partial charge in [-0.15, -0.1) is 0 Å². The first kappa shape index (κ1) is 28.6. The zero-order valence-electron chi connectivity index (χ0n) is 20.5. The normalized spacial score (nSPS) is 17.2. The lowest BCUT2D eigenvalue weighted by Gasteiger charge is -2.36. The lowest BCUT2D eigenvalue weighted by Crippen LogP contribution is -2.51. The number of hydrogen-bond donors (Lipinski definition) is 7. The van der Waals surface area contributed by atoms with E-state index in [0.29, 0.717) is 11.1 Å². The molecule has 0 bridgehead atoms. The van der Waals surface area contributed by atoms with Gasteiger partial charge in [-0.3, -0.25) is 24.0 Å². The molecule has 0 radical (unpaired) electrons. The molecule has 1 aromatic heterocycles.